The first kappa shape index (κ1) is 25.7. The summed E-state index contributed by atoms with van der Waals surface area (Å²) in [5.74, 6) is -0.292. The van der Waals surface area contributed by atoms with Crippen molar-refractivity contribution >= 4 is 22.6 Å². The summed E-state index contributed by atoms with van der Waals surface area (Å²) in [7, 11) is 1.77. The maximum absolute atomic E-state index is 13.4. The maximum atomic E-state index is 13.4. The molecule has 1 unspecified atom stereocenters. The Morgan fingerprint density at radius 1 is 1.22 bits per heavy atom. The van der Waals surface area contributed by atoms with Gasteiger partial charge in [0.1, 0.15) is 28.5 Å². The van der Waals surface area contributed by atoms with Gasteiger partial charge in [-0.3, -0.25) is 9.48 Å². The Balaban J connectivity index is 1.86. The lowest BCUT2D eigenvalue weighted by Crippen LogP contribution is -2.24. The molecular formula is C29H30N4O4. The SMILES string of the molecule is Cc1cc(C(C)Nc2ccccc2C(=O)OC(C)(C)C)c2oc(-c3nn(C)cc3C)c(C#N)c(=O)c2c1. The van der Waals surface area contributed by atoms with Crippen molar-refractivity contribution in [3.05, 3.63) is 80.6 Å². The van der Waals surface area contributed by atoms with Gasteiger partial charge in [0.25, 0.3) is 0 Å². The average Bonchev–Trinajstić information content (AvgIpc) is 3.15. The Bertz CT molecular complexity index is 1620. The molecule has 4 rings (SSSR count). The number of aromatic nitrogens is 2. The molecule has 2 aromatic heterocycles. The standard InChI is InChI=1S/C29H30N4O4/c1-16-12-20(18(3)31-23-11-9-8-10-19(23)28(35)37-29(4,5)6)26-21(13-16)25(34)22(14-30)27(36-26)24-17(2)15-33(7)32-24/h8-13,15,18,31H,1-7H3. The van der Waals surface area contributed by atoms with E-state index in [9.17, 15) is 14.9 Å². The molecule has 0 spiro atoms. The van der Waals surface area contributed by atoms with Crippen LogP contribution in [0.15, 0.2) is 51.8 Å². The van der Waals surface area contributed by atoms with E-state index in [2.05, 4.69) is 10.4 Å². The van der Waals surface area contributed by atoms with Crippen molar-refractivity contribution in [2.75, 3.05) is 5.32 Å². The zero-order chi connectivity index (χ0) is 27.1. The fraction of sp³-hybridized carbons (Fsp3) is 0.310. The predicted molar refractivity (Wildman–Crippen MR) is 143 cm³/mol. The minimum atomic E-state index is -0.635. The van der Waals surface area contributed by atoms with Crippen LogP contribution in [0.25, 0.3) is 22.4 Å². The van der Waals surface area contributed by atoms with E-state index in [4.69, 9.17) is 9.15 Å². The molecule has 37 heavy (non-hydrogen) atoms. The third-order valence-electron chi connectivity index (χ3n) is 5.89. The van der Waals surface area contributed by atoms with Crippen LogP contribution in [0.3, 0.4) is 0 Å². The molecule has 1 atom stereocenters. The lowest BCUT2D eigenvalue weighted by atomic mass is 9.99. The monoisotopic (exact) mass is 498 g/mol. The molecule has 0 amide bonds. The first-order valence-electron chi connectivity index (χ1n) is 12.0. The summed E-state index contributed by atoms with van der Waals surface area (Å²) in [6.07, 6.45) is 1.80. The van der Waals surface area contributed by atoms with Gasteiger partial charge in [-0.1, -0.05) is 18.2 Å². The quantitative estimate of drug-likeness (QED) is 0.346. The Hall–Kier alpha value is -4.38. The lowest BCUT2D eigenvalue weighted by Gasteiger charge is -2.23. The highest BCUT2D eigenvalue weighted by molar-refractivity contribution is 5.96. The number of fused-ring (bicyclic) bond motifs is 1. The summed E-state index contributed by atoms with van der Waals surface area (Å²) in [6.45, 7) is 11.1. The van der Waals surface area contributed by atoms with E-state index in [1.165, 1.54) is 0 Å². The van der Waals surface area contributed by atoms with Gasteiger partial charge in [-0.25, -0.2) is 4.79 Å². The number of para-hydroxylation sites is 1. The highest BCUT2D eigenvalue weighted by Crippen LogP contribution is 2.33. The topological polar surface area (TPSA) is 110 Å². The van der Waals surface area contributed by atoms with Crippen molar-refractivity contribution in [2.24, 2.45) is 7.05 Å². The van der Waals surface area contributed by atoms with Gasteiger partial charge in [-0.15, -0.1) is 0 Å². The molecule has 190 valence electrons. The van der Waals surface area contributed by atoms with E-state index < -0.39 is 17.0 Å². The van der Waals surface area contributed by atoms with Crippen molar-refractivity contribution < 1.29 is 13.9 Å². The van der Waals surface area contributed by atoms with Gasteiger partial charge in [0.05, 0.1) is 17.0 Å². The first-order chi connectivity index (χ1) is 17.4. The highest BCUT2D eigenvalue weighted by Gasteiger charge is 2.25. The van der Waals surface area contributed by atoms with E-state index in [0.29, 0.717) is 33.5 Å². The van der Waals surface area contributed by atoms with Gasteiger partial charge in [-0.05, 0) is 70.9 Å². The minimum Gasteiger partial charge on any atom is -0.456 e. The molecule has 8 nitrogen and oxygen atoms in total. The largest absolute Gasteiger partial charge is 0.456 e. The molecule has 0 saturated heterocycles. The van der Waals surface area contributed by atoms with Crippen LogP contribution in [0.1, 0.15) is 66.3 Å². The van der Waals surface area contributed by atoms with Crippen LogP contribution in [-0.4, -0.2) is 21.4 Å². The summed E-state index contributed by atoms with van der Waals surface area (Å²) in [4.78, 5) is 26.3. The fourth-order valence-corrected chi connectivity index (χ4v) is 4.33. The average molecular weight is 499 g/mol. The molecule has 0 fully saturated rings. The number of aryl methyl sites for hydroxylation is 3. The van der Waals surface area contributed by atoms with Crippen LogP contribution >= 0.6 is 0 Å². The second-order valence-electron chi connectivity index (χ2n) is 10.2. The summed E-state index contributed by atoms with van der Waals surface area (Å²) in [5.41, 5.74) is 3.02. The van der Waals surface area contributed by atoms with Gasteiger partial charge < -0.3 is 14.5 Å². The normalized spacial score (nSPS) is 12.3. The predicted octanol–water partition coefficient (Wildman–Crippen LogP) is 5.81. The summed E-state index contributed by atoms with van der Waals surface area (Å²) in [5, 5.41) is 18.0. The van der Waals surface area contributed by atoms with Crippen LogP contribution in [0.5, 0.6) is 0 Å². The summed E-state index contributed by atoms with van der Waals surface area (Å²) in [6, 6.07) is 12.4. The molecule has 0 aliphatic carbocycles. The molecule has 0 radical (unpaired) electrons. The van der Waals surface area contributed by atoms with Crippen LogP contribution < -0.4 is 10.7 Å². The van der Waals surface area contributed by atoms with Crippen LogP contribution in [0, 0.1) is 25.2 Å². The number of carbonyl (C=O) groups is 1. The van der Waals surface area contributed by atoms with E-state index >= 15 is 0 Å². The third kappa shape index (κ3) is 5.12. The van der Waals surface area contributed by atoms with Crippen molar-refractivity contribution in [3.63, 3.8) is 0 Å². The number of nitriles is 1. The lowest BCUT2D eigenvalue weighted by molar-refractivity contribution is 0.00706. The number of nitrogens with one attached hydrogen (secondary N) is 1. The van der Waals surface area contributed by atoms with Crippen LogP contribution in [0.2, 0.25) is 0 Å². The number of hydrogen-bond donors (Lipinski definition) is 1. The van der Waals surface area contributed by atoms with Crippen molar-refractivity contribution in [2.45, 2.75) is 53.2 Å². The number of carbonyl (C=O) groups excluding carboxylic acids is 1. The third-order valence-corrected chi connectivity index (χ3v) is 5.89. The van der Waals surface area contributed by atoms with E-state index in [-0.39, 0.29) is 17.4 Å². The zero-order valence-electron chi connectivity index (χ0n) is 22.1. The van der Waals surface area contributed by atoms with Gasteiger partial charge >= 0.3 is 5.97 Å². The van der Waals surface area contributed by atoms with E-state index in [1.807, 2.05) is 59.7 Å². The number of anilines is 1. The molecular weight excluding hydrogens is 468 g/mol. The number of hydrogen-bond acceptors (Lipinski definition) is 7. The van der Waals surface area contributed by atoms with Gasteiger partial charge in [0.15, 0.2) is 5.76 Å². The molecule has 8 heteroatoms. The minimum absolute atomic E-state index is 0.0817. The van der Waals surface area contributed by atoms with E-state index in [1.54, 1.807) is 42.2 Å². The Kier molecular flexibility index (Phi) is 6.66. The van der Waals surface area contributed by atoms with Gasteiger partial charge in [-0.2, -0.15) is 10.4 Å². The number of nitrogens with zero attached hydrogens (tertiary/aromatic N) is 3. The van der Waals surface area contributed by atoms with E-state index in [0.717, 1.165) is 11.1 Å². The Labute approximate surface area is 215 Å². The molecule has 1 N–H and O–H groups in total. The fourth-order valence-electron chi connectivity index (χ4n) is 4.33. The van der Waals surface area contributed by atoms with Gasteiger partial charge in [0.2, 0.25) is 5.43 Å². The smallest absolute Gasteiger partial charge is 0.340 e. The molecule has 4 aromatic rings. The Morgan fingerprint density at radius 3 is 2.54 bits per heavy atom. The number of esters is 1. The second-order valence-corrected chi connectivity index (χ2v) is 10.2. The summed E-state index contributed by atoms with van der Waals surface area (Å²) >= 11 is 0. The molecule has 0 aliphatic rings. The van der Waals surface area contributed by atoms with Gasteiger partial charge in [0, 0.05) is 24.5 Å². The van der Waals surface area contributed by atoms with Crippen LogP contribution in [-0.2, 0) is 11.8 Å². The Morgan fingerprint density at radius 2 is 1.92 bits per heavy atom. The summed E-state index contributed by atoms with van der Waals surface area (Å²) < 4.78 is 13.5. The molecule has 0 aliphatic heterocycles. The van der Waals surface area contributed by atoms with Crippen molar-refractivity contribution in [1.29, 1.82) is 5.26 Å². The number of rotatable bonds is 5. The zero-order valence-corrected chi connectivity index (χ0v) is 22.1. The van der Waals surface area contributed by atoms with Crippen molar-refractivity contribution in [3.8, 4) is 17.5 Å². The number of benzene rings is 2. The number of ether oxygens (including phenoxy) is 1. The highest BCUT2D eigenvalue weighted by atomic mass is 16.6. The molecule has 2 aromatic carbocycles. The second kappa shape index (κ2) is 9.58. The van der Waals surface area contributed by atoms with Crippen LogP contribution in [0.4, 0.5) is 5.69 Å². The maximum Gasteiger partial charge on any atom is 0.340 e. The molecule has 0 saturated carbocycles. The van der Waals surface area contributed by atoms with Crippen molar-refractivity contribution in [1.82, 2.24) is 9.78 Å². The molecule has 0 bridgehead atoms. The first-order valence-corrected chi connectivity index (χ1v) is 12.0. The molecule has 2 heterocycles.